The van der Waals surface area contributed by atoms with Crippen LogP contribution in [0.1, 0.15) is 65.2 Å². The lowest BCUT2D eigenvalue weighted by Gasteiger charge is -2.54. The number of aliphatic hydroxyl groups excluding tert-OH is 2. The SMILES string of the molecule is C[C@]12CC=C3[C@@H](CC[C@@H]4CCC(O)=C(O)[C@]34C)[C@@H]1CCC2. The topological polar surface area (TPSA) is 40.5 Å². The minimum absolute atomic E-state index is 0.245. The highest BCUT2D eigenvalue weighted by atomic mass is 16.3. The summed E-state index contributed by atoms with van der Waals surface area (Å²) in [6.07, 6.45) is 11.9. The van der Waals surface area contributed by atoms with Gasteiger partial charge in [0.2, 0.25) is 0 Å². The molecule has 0 spiro atoms. The molecule has 4 aliphatic carbocycles. The molecule has 2 heteroatoms. The van der Waals surface area contributed by atoms with Crippen LogP contribution < -0.4 is 0 Å². The molecule has 0 bridgehead atoms. The Kier molecular flexibility index (Phi) is 2.81. The molecule has 2 nitrogen and oxygen atoms in total. The molecule has 21 heavy (non-hydrogen) atoms. The quantitative estimate of drug-likeness (QED) is 0.596. The van der Waals surface area contributed by atoms with Gasteiger partial charge < -0.3 is 10.2 Å². The van der Waals surface area contributed by atoms with Gasteiger partial charge in [-0.05, 0) is 68.6 Å². The third-order valence-electron chi connectivity index (χ3n) is 7.57. The molecule has 2 saturated carbocycles. The molecule has 0 radical (unpaired) electrons. The minimum atomic E-state index is -0.283. The zero-order chi connectivity index (χ0) is 14.8. The minimum Gasteiger partial charge on any atom is -0.509 e. The fourth-order valence-corrected chi connectivity index (χ4v) is 6.26. The fourth-order valence-electron chi connectivity index (χ4n) is 6.26. The summed E-state index contributed by atoms with van der Waals surface area (Å²) in [6, 6.07) is 0. The van der Waals surface area contributed by atoms with Gasteiger partial charge in [-0.2, -0.15) is 0 Å². The molecule has 0 aliphatic heterocycles. The van der Waals surface area contributed by atoms with Crippen LogP contribution in [0, 0.1) is 28.6 Å². The second-order valence-electron chi connectivity index (χ2n) is 8.43. The highest BCUT2D eigenvalue weighted by Crippen LogP contribution is 2.64. The summed E-state index contributed by atoms with van der Waals surface area (Å²) in [5, 5.41) is 20.8. The third-order valence-corrected chi connectivity index (χ3v) is 7.57. The molecule has 0 saturated heterocycles. The van der Waals surface area contributed by atoms with Gasteiger partial charge in [0.15, 0.2) is 0 Å². The van der Waals surface area contributed by atoms with Crippen molar-refractivity contribution < 1.29 is 10.2 Å². The van der Waals surface area contributed by atoms with Gasteiger partial charge in [-0.1, -0.05) is 25.0 Å². The maximum absolute atomic E-state index is 10.7. The zero-order valence-electron chi connectivity index (χ0n) is 13.4. The van der Waals surface area contributed by atoms with E-state index in [1.54, 1.807) is 0 Å². The van der Waals surface area contributed by atoms with Gasteiger partial charge in [-0.15, -0.1) is 0 Å². The molecule has 2 N–H and O–H groups in total. The van der Waals surface area contributed by atoms with Crippen molar-refractivity contribution in [3.05, 3.63) is 23.2 Å². The van der Waals surface area contributed by atoms with E-state index in [2.05, 4.69) is 19.9 Å². The summed E-state index contributed by atoms with van der Waals surface area (Å²) in [5.41, 5.74) is 1.68. The highest BCUT2D eigenvalue weighted by Gasteiger charge is 2.56. The average Bonchev–Trinajstić information content (AvgIpc) is 2.86. The summed E-state index contributed by atoms with van der Waals surface area (Å²) in [6.45, 7) is 4.67. The normalized spacial score (nSPS) is 49.2. The monoisotopic (exact) mass is 288 g/mol. The number of hydrogen-bond donors (Lipinski definition) is 2. The Balaban J connectivity index is 1.81. The maximum Gasteiger partial charge on any atom is 0.140 e. The van der Waals surface area contributed by atoms with Crippen molar-refractivity contribution in [1.29, 1.82) is 0 Å². The number of hydrogen-bond acceptors (Lipinski definition) is 2. The van der Waals surface area contributed by atoms with Crippen molar-refractivity contribution in [3.8, 4) is 0 Å². The summed E-state index contributed by atoms with van der Waals surface area (Å²) in [5.74, 6) is 2.49. The van der Waals surface area contributed by atoms with Gasteiger partial charge in [-0.25, -0.2) is 0 Å². The summed E-state index contributed by atoms with van der Waals surface area (Å²) >= 11 is 0. The molecular weight excluding hydrogens is 260 g/mol. The second kappa shape index (κ2) is 4.30. The van der Waals surface area contributed by atoms with Crippen LogP contribution in [0.15, 0.2) is 23.2 Å². The van der Waals surface area contributed by atoms with Gasteiger partial charge in [0.25, 0.3) is 0 Å². The Labute approximate surface area is 127 Å². The molecule has 2 fully saturated rings. The lowest BCUT2D eigenvalue weighted by Crippen LogP contribution is -2.47. The maximum atomic E-state index is 10.7. The van der Waals surface area contributed by atoms with E-state index < -0.39 is 0 Å². The molecule has 5 atom stereocenters. The Morgan fingerprint density at radius 1 is 1.10 bits per heavy atom. The second-order valence-corrected chi connectivity index (χ2v) is 8.43. The van der Waals surface area contributed by atoms with E-state index in [-0.39, 0.29) is 16.9 Å². The third kappa shape index (κ3) is 1.65. The standard InChI is InChI=1S/C19H28O2/c1-18-10-3-4-14(18)13-7-5-12-6-8-16(20)17(21)19(12,2)15(13)9-11-18/h9,12-14,20-21H,3-8,10-11H2,1-2H3/t12-,13+,14+,18+,19+/m1/s1. The van der Waals surface area contributed by atoms with Gasteiger partial charge >= 0.3 is 0 Å². The van der Waals surface area contributed by atoms with Gasteiger partial charge in [0, 0.05) is 6.42 Å². The molecule has 0 amide bonds. The average molecular weight is 288 g/mol. The molecule has 0 aromatic carbocycles. The van der Waals surface area contributed by atoms with E-state index in [4.69, 9.17) is 0 Å². The largest absolute Gasteiger partial charge is 0.509 e. The predicted octanol–water partition coefficient (Wildman–Crippen LogP) is 5.28. The Hall–Kier alpha value is -0.920. The van der Waals surface area contributed by atoms with Crippen LogP contribution in [0.4, 0.5) is 0 Å². The number of allylic oxidation sites excluding steroid dienone is 3. The first-order chi connectivity index (χ1) is 9.97. The molecule has 0 heterocycles. The van der Waals surface area contributed by atoms with Crippen LogP contribution in [0.3, 0.4) is 0 Å². The van der Waals surface area contributed by atoms with Crippen LogP contribution in [-0.2, 0) is 0 Å². The molecule has 0 aromatic heterocycles. The van der Waals surface area contributed by atoms with Crippen LogP contribution >= 0.6 is 0 Å². The van der Waals surface area contributed by atoms with Crippen LogP contribution in [0.2, 0.25) is 0 Å². The van der Waals surface area contributed by atoms with Gasteiger partial charge in [0.1, 0.15) is 11.5 Å². The smallest absolute Gasteiger partial charge is 0.140 e. The molecule has 116 valence electrons. The summed E-state index contributed by atoms with van der Waals surface area (Å²) < 4.78 is 0. The van der Waals surface area contributed by atoms with Crippen LogP contribution in [0.5, 0.6) is 0 Å². The van der Waals surface area contributed by atoms with E-state index >= 15 is 0 Å². The lowest BCUT2D eigenvalue weighted by molar-refractivity contribution is 0.0434. The van der Waals surface area contributed by atoms with E-state index in [9.17, 15) is 10.2 Å². The van der Waals surface area contributed by atoms with Crippen molar-refractivity contribution in [2.45, 2.75) is 65.2 Å². The Morgan fingerprint density at radius 2 is 1.90 bits per heavy atom. The van der Waals surface area contributed by atoms with Gasteiger partial charge in [0.05, 0.1) is 5.41 Å². The zero-order valence-corrected chi connectivity index (χ0v) is 13.4. The predicted molar refractivity (Wildman–Crippen MR) is 84.0 cm³/mol. The van der Waals surface area contributed by atoms with E-state index in [0.29, 0.717) is 23.7 Å². The molecule has 4 aliphatic rings. The van der Waals surface area contributed by atoms with Crippen molar-refractivity contribution in [2.24, 2.45) is 28.6 Å². The lowest BCUT2D eigenvalue weighted by atomic mass is 9.50. The molecule has 0 aromatic rings. The summed E-state index contributed by atoms with van der Waals surface area (Å²) in [4.78, 5) is 0. The van der Waals surface area contributed by atoms with E-state index in [0.717, 1.165) is 12.3 Å². The van der Waals surface area contributed by atoms with Gasteiger partial charge in [-0.3, -0.25) is 0 Å². The first kappa shape index (κ1) is 13.7. The number of aliphatic hydroxyl groups is 2. The molecular formula is C19H28O2. The van der Waals surface area contributed by atoms with Crippen molar-refractivity contribution in [3.63, 3.8) is 0 Å². The first-order valence-corrected chi connectivity index (χ1v) is 8.79. The summed E-state index contributed by atoms with van der Waals surface area (Å²) in [7, 11) is 0. The van der Waals surface area contributed by atoms with E-state index in [1.807, 2.05) is 0 Å². The number of rotatable bonds is 0. The Bertz CT molecular complexity index is 532. The van der Waals surface area contributed by atoms with Crippen molar-refractivity contribution >= 4 is 0 Å². The van der Waals surface area contributed by atoms with Crippen molar-refractivity contribution in [2.75, 3.05) is 0 Å². The Morgan fingerprint density at radius 3 is 2.71 bits per heavy atom. The molecule has 4 rings (SSSR count). The van der Waals surface area contributed by atoms with Crippen molar-refractivity contribution in [1.82, 2.24) is 0 Å². The van der Waals surface area contributed by atoms with Crippen LogP contribution in [0.25, 0.3) is 0 Å². The van der Waals surface area contributed by atoms with Crippen LogP contribution in [-0.4, -0.2) is 10.2 Å². The first-order valence-electron chi connectivity index (χ1n) is 8.79. The number of fused-ring (bicyclic) bond motifs is 5. The fraction of sp³-hybridized carbons (Fsp3) is 0.789. The molecule has 0 unspecified atom stereocenters. The highest BCUT2D eigenvalue weighted by molar-refractivity contribution is 5.36. The van der Waals surface area contributed by atoms with E-state index in [1.165, 1.54) is 44.1 Å².